The summed E-state index contributed by atoms with van der Waals surface area (Å²) in [6.07, 6.45) is 3.21. The summed E-state index contributed by atoms with van der Waals surface area (Å²) in [7, 11) is 0. The maximum absolute atomic E-state index is 11.8. The first-order chi connectivity index (χ1) is 9.56. The number of aryl methyl sites for hydroxylation is 2. The Morgan fingerprint density at radius 3 is 2.40 bits per heavy atom. The van der Waals surface area contributed by atoms with Crippen LogP contribution >= 0.6 is 0 Å². The van der Waals surface area contributed by atoms with E-state index in [0.29, 0.717) is 5.75 Å². The number of hydrogen-bond donors (Lipinski definition) is 0. The Balaban J connectivity index is 2.05. The quantitative estimate of drug-likeness (QED) is 0.472. The molecule has 2 heteroatoms. The Morgan fingerprint density at radius 2 is 1.70 bits per heavy atom. The van der Waals surface area contributed by atoms with Gasteiger partial charge in [0.05, 0.1) is 0 Å². The molecule has 0 N–H and O–H groups in total. The molecule has 0 saturated heterocycles. The van der Waals surface area contributed by atoms with E-state index in [1.165, 1.54) is 11.6 Å². The predicted octanol–water partition coefficient (Wildman–Crippen LogP) is 4.23. The van der Waals surface area contributed by atoms with E-state index in [0.717, 1.165) is 16.7 Å². The summed E-state index contributed by atoms with van der Waals surface area (Å²) in [5.74, 6) is 0.253. The highest BCUT2D eigenvalue weighted by Crippen LogP contribution is 2.20. The van der Waals surface area contributed by atoms with Crippen molar-refractivity contribution in [3.05, 3.63) is 70.8 Å². The minimum Gasteiger partial charge on any atom is -0.423 e. The van der Waals surface area contributed by atoms with Gasteiger partial charge >= 0.3 is 5.97 Å². The molecule has 2 aromatic carbocycles. The molecule has 2 rings (SSSR count). The second-order valence-corrected chi connectivity index (χ2v) is 4.86. The molecule has 0 aromatic heterocycles. The first kappa shape index (κ1) is 14.1. The van der Waals surface area contributed by atoms with Crippen LogP contribution in [0.15, 0.2) is 48.5 Å². The molecule has 0 atom stereocenters. The van der Waals surface area contributed by atoms with Gasteiger partial charge in [-0.25, -0.2) is 4.79 Å². The molecule has 0 spiro atoms. The van der Waals surface area contributed by atoms with Crippen molar-refractivity contribution in [1.29, 1.82) is 0 Å². The Morgan fingerprint density at radius 1 is 1.00 bits per heavy atom. The van der Waals surface area contributed by atoms with E-state index in [9.17, 15) is 4.79 Å². The summed E-state index contributed by atoms with van der Waals surface area (Å²) >= 11 is 0. The number of benzene rings is 2. The summed E-state index contributed by atoms with van der Waals surface area (Å²) in [5.41, 5.74) is 4.27. The van der Waals surface area contributed by atoms with Crippen LogP contribution in [-0.2, 0) is 4.79 Å². The van der Waals surface area contributed by atoms with Crippen molar-refractivity contribution >= 4 is 12.0 Å². The smallest absolute Gasteiger partial charge is 0.336 e. The van der Waals surface area contributed by atoms with Crippen molar-refractivity contribution in [3.63, 3.8) is 0 Å². The summed E-state index contributed by atoms with van der Waals surface area (Å²) in [6, 6.07) is 13.6. The van der Waals surface area contributed by atoms with Gasteiger partial charge in [-0.2, -0.15) is 0 Å². The van der Waals surface area contributed by atoms with Crippen LogP contribution in [0.1, 0.15) is 22.3 Å². The lowest BCUT2D eigenvalue weighted by molar-refractivity contribution is -0.128. The lowest BCUT2D eigenvalue weighted by Gasteiger charge is -2.07. The fourth-order valence-electron chi connectivity index (χ4n) is 1.82. The number of carbonyl (C=O) groups excluding carboxylic acids is 1. The van der Waals surface area contributed by atoms with E-state index < -0.39 is 0 Å². The molecule has 0 aliphatic heterocycles. The van der Waals surface area contributed by atoms with Crippen molar-refractivity contribution in [1.82, 2.24) is 0 Å². The summed E-state index contributed by atoms with van der Waals surface area (Å²) < 4.78 is 5.35. The van der Waals surface area contributed by atoms with Gasteiger partial charge < -0.3 is 4.74 Å². The average molecular weight is 266 g/mol. The predicted molar refractivity (Wildman–Crippen MR) is 81.8 cm³/mol. The number of ether oxygens (including phenoxy) is 1. The zero-order valence-corrected chi connectivity index (χ0v) is 12.0. The molecule has 0 fully saturated rings. The number of hydrogen-bond acceptors (Lipinski definition) is 2. The normalized spacial score (nSPS) is 10.8. The Kier molecular flexibility index (Phi) is 4.36. The summed E-state index contributed by atoms with van der Waals surface area (Å²) in [5, 5.41) is 0. The third-order valence-electron chi connectivity index (χ3n) is 3.25. The van der Waals surface area contributed by atoms with Gasteiger partial charge in [0.1, 0.15) is 5.75 Å². The molecule has 0 unspecified atom stereocenters. The molecule has 0 heterocycles. The van der Waals surface area contributed by atoms with Crippen molar-refractivity contribution in [2.45, 2.75) is 20.8 Å². The average Bonchev–Trinajstić information content (AvgIpc) is 2.43. The van der Waals surface area contributed by atoms with Crippen LogP contribution in [0, 0.1) is 20.8 Å². The minimum atomic E-state index is -0.362. The van der Waals surface area contributed by atoms with Gasteiger partial charge in [0.25, 0.3) is 0 Å². The molecular formula is C18H18O2. The van der Waals surface area contributed by atoms with Crippen LogP contribution < -0.4 is 4.74 Å². The second kappa shape index (κ2) is 6.20. The van der Waals surface area contributed by atoms with Gasteiger partial charge in [0, 0.05) is 6.08 Å². The third kappa shape index (κ3) is 3.58. The molecule has 20 heavy (non-hydrogen) atoms. The number of rotatable bonds is 3. The standard InChI is InChI=1S/C18H18O2/c1-13-7-9-16(10-8-13)11-12-18(19)20-17-6-4-5-14(2)15(17)3/h4-12H,1-3H3/b12-11+. The maximum atomic E-state index is 11.8. The molecule has 2 nitrogen and oxygen atoms in total. The van der Waals surface area contributed by atoms with Gasteiger partial charge in [-0.3, -0.25) is 0 Å². The van der Waals surface area contributed by atoms with Gasteiger partial charge in [-0.1, -0.05) is 42.0 Å². The Labute approximate surface area is 119 Å². The fraction of sp³-hybridized carbons (Fsp3) is 0.167. The Bertz CT molecular complexity index is 637. The van der Waals surface area contributed by atoms with Gasteiger partial charge in [-0.05, 0) is 49.6 Å². The van der Waals surface area contributed by atoms with Crippen LogP contribution in [0.3, 0.4) is 0 Å². The van der Waals surface area contributed by atoms with Gasteiger partial charge in [0.15, 0.2) is 0 Å². The van der Waals surface area contributed by atoms with Crippen LogP contribution in [-0.4, -0.2) is 5.97 Å². The highest BCUT2D eigenvalue weighted by molar-refractivity contribution is 5.88. The summed E-state index contributed by atoms with van der Waals surface area (Å²) in [4.78, 5) is 11.8. The zero-order chi connectivity index (χ0) is 14.5. The molecule has 0 amide bonds. The van der Waals surface area contributed by atoms with E-state index in [2.05, 4.69) is 0 Å². The number of carbonyl (C=O) groups is 1. The zero-order valence-electron chi connectivity index (χ0n) is 12.0. The van der Waals surface area contributed by atoms with Gasteiger partial charge in [0.2, 0.25) is 0 Å². The molecule has 0 saturated carbocycles. The maximum Gasteiger partial charge on any atom is 0.336 e. The van der Waals surface area contributed by atoms with Gasteiger partial charge in [-0.15, -0.1) is 0 Å². The van der Waals surface area contributed by atoms with Crippen molar-refractivity contribution in [2.24, 2.45) is 0 Å². The van der Waals surface area contributed by atoms with Crippen molar-refractivity contribution < 1.29 is 9.53 Å². The van der Waals surface area contributed by atoms with E-state index >= 15 is 0 Å². The first-order valence-corrected chi connectivity index (χ1v) is 6.59. The minimum absolute atomic E-state index is 0.362. The highest BCUT2D eigenvalue weighted by Gasteiger charge is 2.05. The molecular weight excluding hydrogens is 248 g/mol. The number of esters is 1. The molecule has 0 bridgehead atoms. The Hall–Kier alpha value is -2.35. The van der Waals surface area contributed by atoms with Crippen molar-refractivity contribution in [3.8, 4) is 5.75 Å². The van der Waals surface area contributed by atoms with E-state index in [1.807, 2.05) is 57.2 Å². The molecule has 102 valence electrons. The van der Waals surface area contributed by atoms with E-state index in [4.69, 9.17) is 4.74 Å². The lowest BCUT2D eigenvalue weighted by atomic mass is 10.1. The van der Waals surface area contributed by atoms with Crippen LogP contribution in [0.5, 0.6) is 5.75 Å². The largest absolute Gasteiger partial charge is 0.423 e. The van der Waals surface area contributed by atoms with Crippen LogP contribution in [0.25, 0.3) is 6.08 Å². The van der Waals surface area contributed by atoms with Crippen LogP contribution in [0.4, 0.5) is 0 Å². The van der Waals surface area contributed by atoms with Crippen molar-refractivity contribution in [2.75, 3.05) is 0 Å². The third-order valence-corrected chi connectivity index (χ3v) is 3.25. The molecule has 0 radical (unpaired) electrons. The monoisotopic (exact) mass is 266 g/mol. The first-order valence-electron chi connectivity index (χ1n) is 6.59. The SMILES string of the molecule is Cc1ccc(/C=C/C(=O)Oc2cccc(C)c2C)cc1. The topological polar surface area (TPSA) is 26.3 Å². The summed E-state index contributed by atoms with van der Waals surface area (Å²) in [6.45, 7) is 5.97. The van der Waals surface area contributed by atoms with Crippen LogP contribution in [0.2, 0.25) is 0 Å². The molecule has 2 aromatic rings. The highest BCUT2D eigenvalue weighted by atomic mass is 16.5. The lowest BCUT2D eigenvalue weighted by Crippen LogP contribution is -2.05. The molecule has 0 aliphatic rings. The van der Waals surface area contributed by atoms with E-state index in [1.54, 1.807) is 12.1 Å². The van der Waals surface area contributed by atoms with E-state index in [-0.39, 0.29) is 5.97 Å². The fourth-order valence-corrected chi connectivity index (χ4v) is 1.82. The second-order valence-electron chi connectivity index (χ2n) is 4.86. The molecule has 0 aliphatic carbocycles.